The van der Waals surface area contributed by atoms with Gasteiger partial charge in [0.15, 0.2) is 0 Å². The van der Waals surface area contributed by atoms with Crippen molar-refractivity contribution in [2.45, 2.75) is 39.0 Å². The van der Waals surface area contributed by atoms with Gasteiger partial charge in [-0.05, 0) is 48.9 Å². The van der Waals surface area contributed by atoms with Crippen molar-refractivity contribution in [2.24, 2.45) is 23.2 Å². The van der Waals surface area contributed by atoms with Gasteiger partial charge in [-0.25, -0.2) is 0 Å². The van der Waals surface area contributed by atoms with Gasteiger partial charge < -0.3 is 0 Å². The topological polar surface area (TPSA) is 0 Å². The second-order valence-electron chi connectivity index (χ2n) is 5.02. The Labute approximate surface area is 63.0 Å². The number of hydrogen-bond acceptors (Lipinski definition) is 0. The van der Waals surface area contributed by atoms with Crippen molar-refractivity contribution in [3.05, 3.63) is 0 Å². The van der Waals surface area contributed by atoms with Crippen molar-refractivity contribution < 1.29 is 0 Å². The van der Waals surface area contributed by atoms with Crippen molar-refractivity contribution in [1.29, 1.82) is 0 Å². The molecule has 0 amide bonds. The van der Waals surface area contributed by atoms with Crippen LogP contribution in [-0.4, -0.2) is 0 Å². The second-order valence-corrected chi connectivity index (χ2v) is 5.02. The van der Waals surface area contributed by atoms with Crippen LogP contribution in [0, 0.1) is 23.2 Å². The monoisotopic (exact) mass is 136 g/mol. The van der Waals surface area contributed by atoms with Gasteiger partial charge in [0.25, 0.3) is 0 Å². The van der Waals surface area contributed by atoms with E-state index >= 15 is 0 Å². The fourth-order valence-electron chi connectivity index (χ4n) is 4.06. The van der Waals surface area contributed by atoms with Crippen LogP contribution in [0.1, 0.15) is 39.0 Å². The molecule has 0 saturated heterocycles. The lowest BCUT2D eigenvalue weighted by atomic mass is 9.61. The summed E-state index contributed by atoms with van der Waals surface area (Å²) in [7, 11) is 0. The van der Waals surface area contributed by atoms with Crippen LogP contribution in [0.5, 0.6) is 0 Å². The summed E-state index contributed by atoms with van der Waals surface area (Å²) in [6.45, 7) is 2.54. The smallest absolute Gasteiger partial charge is 0.0292 e. The summed E-state index contributed by atoms with van der Waals surface area (Å²) < 4.78 is 0. The molecule has 0 aromatic carbocycles. The van der Waals surface area contributed by atoms with E-state index in [9.17, 15) is 0 Å². The molecule has 4 unspecified atom stereocenters. The normalized spacial score (nSPS) is 63.9. The molecular formula is C10H16. The Bertz CT molecular complexity index is 173. The van der Waals surface area contributed by atoms with E-state index in [2.05, 4.69) is 6.92 Å². The molecule has 0 radical (unpaired) electrons. The fraction of sp³-hybridized carbons (Fsp3) is 1.00. The first kappa shape index (κ1) is 5.62. The molecule has 0 N–H and O–H groups in total. The average molecular weight is 136 g/mol. The van der Waals surface area contributed by atoms with Crippen LogP contribution in [0.15, 0.2) is 0 Å². The Morgan fingerprint density at radius 1 is 1.40 bits per heavy atom. The van der Waals surface area contributed by atoms with Gasteiger partial charge in [0.2, 0.25) is 0 Å². The van der Waals surface area contributed by atoms with Crippen LogP contribution in [0.25, 0.3) is 0 Å². The number of hydrogen-bond donors (Lipinski definition) is 0. The molecule has 10 heavy (non-hydrogen) atoms. The van der Waals surface area contributed by atoms with Crippen LogP contribution in [-0.2, 0) is 0 Å². The summed E-state index contributed by atoms with van der Waals surface area (Å²) in [5.41, 5.74) is 0.827. The quantitative estimate of drug-likeness (QED) is 0.480. The minimum absolute atomic E-state index is 0.827. The van der Waals surface area contributed by atoms with Crippen LogP contribution >= 0.6 is 0 Å². The molecular weight excluding hydrogens is 120 g/mol. The molecule has 0 spiro atoms. The minimum atomic E-state index is 0.827. The van der Waals surface area contributed by atoms with Crippen molar-refractivity contribution in [3.8, 4) is 0 Å². The average Bonchev–Trinajstić information content (AvgIpc) is 2.28. The van der Waals surface area contributed by atoms with Gasteiger partial charge in [0.1, 0.15) is 0 Å². The first-order valence-corrected chi connectivity index (χ1v) is 4.80. The van der Waals surface area contributed by atoms with Crippen LogP contribution in [0.3, 0.4) is 0 Å². The van der Waals surface area contributed by atoms with E-state index in [0.29, 0.717) is 0 Å². The lowest BCUT2D eigenvalue weighted by Gasteiger charge is -2.44. The highest BCUT2D eigenvalue weighted by atomic mass is 14.6. The van der Waals surface area contributed by atoms with Crippen LogP contribution in [0.2, 0.25) is 0 Å². The van der Waals surface area contributed by atoms with Crippen molar-refractivity contribution in [1.82, 2.24) is 0 Å². The Hall–Kier alpha value is 0. The molecule has 4 aliphatic rings. The first-order chi connectivity index (χ1) is 4.80. The van der Waals surface area contributed by atoms with E-state index in [0.717, 1.165) is 5.41 Å². The van der Waals surface area contributed by atoms with Gasteiger partial charge in [-0.3, -0.25) is 0 Å². The van der Waals surface area contributed by atoms with Gasteiger partial charge in [0, 0.05) is 0 Å². The molecule has 56 valence electrons. The summed E-state index contributed by atoms with van der Waals surface area (Å²) in [6.07, 6.45) is 7.84. The molecule has 0 aromatic rings. The maximum Gasteiger partial charge on any atom is -0.0292 e. The summed E-state index contributed by atoms with van der Waals surface area (Å²) >= 11 is 0. The van der Waals surface area contributed by atoms with E-state index < -0.39 is 0 Å². The van der Waals surface area contributed by atoms with Crippen molar-refractivity contribution in [3.63, 3.8) is 0 Å². The van der Waals surface area contributed by atoms with Crippen LogP contribution < -0.4 is 0 Å². The van der Waals surface area contributed by atoms with E-state index in [1.165, 1.54) is 24.2 Å². The lowest BCUT2D eigenvalue weighted by Crippen LogP contribution is -2.36. The minimum Gasteiger partial charge on any atom is -0.0594 e. The second kappa shape index (κ2) is 1.44. The van der Waals surface area contributed by atoms with Gasteiger partial charge in [-0.15, -0.1) is 0 Å². The SMILES string of the molecule is CC12CCCC3C(CC31)C2. The Balaban J connectivity index is 2.00. The van der Waals surface area contributed by atoms with Gasteiger partial charge in [0.05, 0.1) is 0 Å². The standard InChI is InChI=1S/C10H16/c1-10-4-2-3-8-7(6-10)5-9(8)10/h7-9H,2-6H2,1H3. The molecule has 4 fully saturated rings. The zero-order valence-corrected chi connectivity index (χ0v) is 6.77. The third-order valence-electron chi connectivity index (χ3n) is 4.59. The summed E-state index contributed by atoms with van der Waals surface area (Å²) in [4.78, 5) is 0. The maximum absolute atomic E-state index is 2.54. The molecule has 0 heteroatoms. The van der Waals surface area contributed by atoms with Crippen LogP contribution in [0.4, 0.5) is 0 Å². The molecule has 0 heterocycles. The molecule has 4 aliphatic carbocycles. The number of rotatable bonds is 0. The van der Waals surface area contributed by atoms with Gasteiger partial charge in [-0.1, -0.05) is 13.3 Å². The zero-order chi connectivity index (χ0) is 6.77. The fourth-order valence-corrected chi connectivity index (χ4v) is 4.06. The predicted octanol–water partition coefficient (Wildman–Crippen LogP) is 2.83. The highest BCUT2D eigenvalue weighted by Gasteiger charge is 2.60. The molecule has 0 aliphatic heterocycles. The highest BCUT2D eigenvalue weighted by Crippen LogP contribution is 2.68. The van der Waals surface area contributed by atoms with Gasteiger partial charge in [-0.2, -0.15) is 0 Å². The van der Waals surface area contributed by atoms with Gasteiger partial charge >= 0.3 is 0 Å². The zero-order valence-electron chi connectivity index (χ0n) is 6.77. The van der Waals surface area contributed by atoms with E-state index in [1.807, 2.05) is 0 Å². The summed E-state index contributed by atoms with van der Waals surface area (Å²) in [5, 5.41) is 0. The molecule has 4 bridgehead atoms. The molecule has 0 nitrogen and oxygen atoms in total. The summed E-state index contributed by atoms with van der Waals surface area (Å²) in [6, 6.07) is 0. The third kappa shape index (κ3) is 0.436. The summed E-state index contributed by atoms with van der Waals surface area (Å²) in [5.74, 6) is 3.54. The van der Waals surface area contributed by atoms with E-state index in [-0.39, 0.29) is 0 Å². The highest BCUT2D eigenvalue weighted by molar-refractivity contribution is 5.09. The first-order valence-electron chi connectivity index (χ1n) is 4.80. The van der Waals surface area contributed by atoms with E-state index in [4.69, 9.17) is 0 Å². The van der Waals surface area contributed by atoms with E-state index in [1.54, 1.807) is 25.7 Å². The Kier molecular flexibility index (Phi) is 0.810. The Morgan fingerprint density at radius 2 is 2.30 bits per heavy atom. The van der Waals surface area contributed by atoms with Crippen molar-refractivity contribution >= 4 is 0 Å². The molecule has 4 rings (SSSR count). The lowest BCUT2D eigenvalue weighted by molar-refractivity contribution is 0.0537. The largest absolute Gasteiger partial charge is 0.0594 e. The Morgan fingerprint density at radius 3 is 3.00 bits per heavy atom. The molecule has 4 atom stereocenters. The maximum atomic E-state index is 2.54. The van der Waals surface area contributed by atoms with Crippen molar-refractivity contribution in [2.75, 3.05) is 0 Å². The third-order valence-corrected chi connectivity index (χ3v) is 4.59. The molecule has 4 saturated carbocycles. The predicted molar refractivity (Wildman–Crippen MR) is 41.7 cm³/mol. The molecule has 0 aromatic heterocycles.